The summed E-state index contributed by atoms with van der Waals surface area (Å²) >= 11 is 1.05. The minimum atomic E-state index is -0.877. The van der Waals surface area contributed by atoms with Gasteiger partial charge in [-0.05, 0) is 31.2 Å². The zero-order valence-corrected chi connectivity index (χ0v) is 17.2. The van der Waals surface area contributed by atoms with Crippen LogP contribution >= 0.6 is 11.8 Å². The second-order valence-electron chi connectivity index (χ2n) is 6.31. The van der Waals surface area contributed by atoms with E-state index in [1.54, 1.807) is 10.6 Å². The topological polar surface area (TPSA) is 88.9 Å². The van der Waals surface area contributed by atoms with Gasteiger partial charge in [-0.2, -0.15) is 0 Å². The van der Waals surface area contributed by atoms with E-state index < -0.39 is 29.3 Å². The lowest BCUT2D eigenvalue weighted by Gasteiger charge is -2.09. The van der Waals surface area contributed by atoms with Gasteiger partial charge < -0.3 is 15.2 Å². The van der Waals surface area contributed by atoms with E-state index in [2.05, 4.69) is 20.8 Å². The Morgan fingerprint density at radius 2 is 1.68 bits per heavy atom. The molecule has 162 valence electrons. The van der Waals surface area contributed by atoms with Gasteiger partial charge in [-0.15, -0.1) is 10.2 Å². The number of rotatable bonds is 8. The molecule has 0 bridgehead atoms. The number of amides is 2. The Bertz CT molecular complexity index is 1110. The van der Waals surface area contributed by atoms with Crippen molar-refractivity contribution in [2.24, 2.45) is 0 Å². The molecule has 3 rings (SSSR count). The summed E-state index contributed by atoms with van der Waals surface area (Å²) in [4.78, 5) is 24.3. The van der Waals surface area contributed by atoms with Crippen molar-refractivity contribution in [3.05, 3.63) is 65.7 Å². The number of hydrogen-bond donors (Lipinski definition) is 2. The zero-order chi connectivity index (χ0) is 22.4. The summed E-state index contributed by atoms with van der Waals surface area (Å²) in [6.45, 7) is 2.26. The maximum absolute atomic E-state index is 13.7. The Labute approximate surface area is 180 Å². The third-order valence-electron chi connectivity index (χ3n) is 4.11. The van der Waals surface area contributed by atoms with E-state index in [0.717, 1.165) is 23.9 Å². The van der Waals surface area contributed by atoms with Crippen LogP contribution in [0.3, 0.4) is 0 Å². The minimum absolute atomic E-state index is 0.0642. The number of carbonyl (C=O) groups is 2. The standard InChI is InChI=1S/C20H18F3N5O2S/c1-2-28-17(10-18(29)24-15-6-4-3-5-13(15)22)26-27-20(28)31-11-19(30)25-16-8-7-12(21)9-14(16)23/h3-9H,2,10-11H2,1H3,(H,24,29)(H,25,30). The Balaban J connectivity index is 1.59. The van der Waals surface area contributed by atoms with E-state index in [4.69, 9.17) is 0 Å². The van der Waals surface area contributed by atoms with E-state index in [1.165, 1.54) is 18.2 Å². The molecule has 2 N–H and O–H groups in total. The van der Waals surface area contributed by atoms with Crippen molar-refractivity contribution in [2.45, 2.75) is 25.0 Å². The molecular formula is C20H18F3N5O2S. The Morgan fingerprint density at radius 3 is 2.39 bits per heavy atom. The zero-order valence-electron chi connectivity index (χ0n) is 16.4. The van der Waals surface area contributed by atoms with Gasteiger partial charge in [0.15, 0.2) is 5.16 Å². The average Bonchev–Trinajstić information content (AvgIpc) is 3.11. The first-order valence-electron chi connectivity index (χ1n) is 9.21. The number of para-hydroxylation sites is 1. The summed E-state index contributed by atoms with van der Waals surface area (Å²) in [5, 5.41) is 13.2. The van der Waals surface area contributed by atoms with E-state index in [-0.39, 0.29) is 23.5 Å². The second-order valence-corrected chi connectivity index (χ2v) is 7.25. The fourth-order valence-electron chi connectivity index (χ4n) is 2.68. The molecule has 0 unspecified atom stereocenters. The summed E-state index contributed by atoms with van der Waals surface area (Å²) in [7, 11) is 0. The van der Waals surface area contributed by atoms with E-state index in [1.807, 2.05) is 6.92 Å². The average molecular weight is 449 g/mol. The predicted molar refractivity (Wildman–Crippen MR) is 110 cm³/mol. The molecule has 1 heterocycles. The number of nitrogens with zero attached hydrogens (tertiary/aromatic N) is 3. The van der Waals surface area contributed by atoms with Gasteiger partial charge in [0.25, 0.3) is 0 Å². The molecule has 0 saturated heterocycles. The molecule has 0 radical (unpaired) electrons. The van der Waals surface area contributed by atoms with Gasteiger partial charge >= 0.3 is 0 Å². The molecule has 11 heteroatoms. The maximum atomic E-state index is 13.7. The van der Waals surface area contributed by atoms with Crippen molar-refractivity contribution in [2.75, 3.05) is 16.4 Å². The highest BCUT2D eigenvalue weighted by Crippen LogP contribution is 2.20. The van der Waals surface area contributed by atoms with Crippen LogP contribution in [0.4, 0.5) is 24.5 Å². The van der Waals surface area contributed by atoms with Gasteiger partial charge in [-0.1, -0.05) is 23.9 Å². The Morgan fingerprint density at radius 1 is 0.968 bits per heavy atom. The van der Waals surface area contributed by atoms with Crippen molar-refractivity contribution >= 4 is 35.0 Å². The number of benzene rings is 2. The lowest BCUT2D eigenvalue weighted by molar-refractivity contribution is -0.116. The quantitative estimate of drug-likeness (QED) is 0.513. The number of halogens is 3. The van der Waals surface area contributed by atoms with Crippen LogP contribution in [0, 0.1) is 17.5 Å². The lowest BCUT2D eigenvalue weighted by atomic mass is 10.3. The first kappa shape index (κ1) is 22.3. The van der Waals surface area contributed by atoms with Crippen LogP contribution in [0.25, 0.3) is 0 Å². The van der Waals surface area contributed by atoms with Crippen LogP contribution in [-0.4, -0.2) is 32.3 Å². The van der Waals surface area contributed by atoms with Crippen LogP contribution in [0.15, 0.2) is 47.6 Å². The van der Waals surface area contributed by atoms with Gasteiger partial charge in [0.05, 0.1) is 23.5 Å². The van der Waals surface area contributed by atoms with Gasteiger partial charge in [-0.3, -0.25) is 9.59 Å². The smallest absolute Gasteiger partial charge is 0.234 e. The van der Waals surface area contributed by atoms with Gasteiger partial charge in [0, 0.05) is 12.6 Å². The normalized spacial score (nSPS) is 10.7. The predicted octanol–water partition coefficient (Wildman–Crippen LogP) is 3.63. The number of carbonyl (C=O) groups excluding carboxylic acids is 2. The summed E-state index contributed by atoms with van der Waals surface area (Å²) in [6, 6.07) is 8.65. The van der Waals surface area contributed by atoms with Crippen molar-refractivity contribution in [1.29, 1.82) is 0 Å². The van der Waals surface area contributed by atoms with Crippen LogP contribution in [0.1, 0.15) is 12.7 Å². The molecule has 0 aliphatic rings. The van der Waals surface area contributed by atoms with Crippen molar-refractivity contribution in [3.8, 4) is 0 Å². The molecule has 0 aliphatic heterocycles. The van der Waals surface area contributed by atoms with Crippen LogP contribution in [-0.2, 0) is 22.6 Å². The third-order valence-corrected chi connectivity index (χ3v) is 5.08. The Hall–Kier alpha value is -3.34. The van der Waals surface area contributed by atoms with Crippen LogP contribution in [0.2, 0.25) is 0 Å². The number of thioether (sulfide) groups is 1. The Kier molecular flexibility index (Phi) is 7.29. The third kappa shape index (κ3) is 5.85. The van der Waals surface area contributed by atoms with Gasteiger partial charge in [0.2, 0.25) is 11.8 Å². The molecule has 31 heavy (non-hydrogen) atoms. The molecule has 2 amide bonds. The fraction of sp³-hybridized carbons (Fsp3) is 0.200. The molecule has 1 aromatic heterocycles. The highest BCUT2D eigenvalue weighted by molar-refractivity contribution is 7.99. The molecule has 0 fully saturated rings. The van der Waals surface area contributed by atoms with E-state index in [9.17, 15) is 22.8 Å². The molecule has 2 aromatic carbocycles. The van der Waals surface area contributed by atoms with E-state index >= 15 is 0 Å². The number of hydrogen-bond acceptors (Lipinski definition) is 5. The fourth-order valence-corrected chi connectivity index (χ4v) is 3.50. The summed E-state index contributed by atoms with van der Waals surface area (Å²) < 4.78 is 41.9. The van der Waals surface area contributed by atoms with Crippen molar-refractivity contribution < 1.29 is 22.8 Å². The van der Waals surface area contributed by atoms with Crippen LogP contribution in [0.5, 0.6) is 0 Å². The molecule has 0 spiro atoms. The summed E-state index contributed by atoms with van der Waals surface area (Å²) in [5.41, 5.74) is -0.0659. The lowest BCUT2D eigenvalue weighted by Crippen LogP contribution is -2.18. The molecule has 0 atom stereocenters. The number of aromatic nitrogens is 3. The second kappa shape index (κ2) is 10.1. The molecular weight excluding hydrogens is 431 g/mol. The molecule has 0 saturated carbocycles. The molecule has 7 nitrogen and oxygen atoms in total. The summed E-state index contributed by atoms with van der Waals surface area (Å²) in [6.07, 6.45) is -0.136. The van der Waals surface area contributed by atoms with Gasteiger partial charge in [0.1, 0.15) is 23.3 Å². The molecule has 3 aromatic rings. The SMILES string of the molecule is CCn1c(CC(=O)Nc2ccccc2F)nnc1SCC(=O)Nc1ccc(F)cc1F. The highest BCUT2D eigenvalue weighted by Gasteiger charge is 2.17. The molecule has 0 aliphatic carbocycles. The van der Waals surface area contributed by atoms with E-state index in [0.29, 0.717) is 23.6 Å². The van der Waals surface area contributed by atoms with Crippen LogP contribution < -0.4 is 10.6 Å². The first-order valence-corrected chi connectivity index (χ1v) is 10.2. The number of anilines is 2. The number of nitrogens with one attached hydrogen (secondary N) is 2. The monoisotopic (exact) mass is 449 g/mol. The van der Waals surface area contributed by atoms with Crippen molar-refractivity contribution in [3.63, 3.8) is 0 Å². The van der Waals surface area contributed by atoms with Gasteiger partial charge in [-0.25, -0.2) is 13.2 Å². The van der Waals surface area contributed by atoms with Crippen molar-refractivity contribution in [1.82, 2.24) is 14.8 Å². The summed E-state index contributed by atoms with van der Waals surface area (Å²) in [5.74, 6) is -2.90. The minimum Gasteiger partial charge on any atom is -0.323 e. The largest absolute Gasteiger partial charge is 0.323 e. The maximum Gasteiger partial charge on any atom is 0.234 e. The first-order chi connectivity index (χ1) is 14.9. The highest BCUT2D eigenvalue weighted by atomic mass is 32.2.